The van der Waals surface area contributed by atoms with Crippen LogP contribution in [0, 0.1) is 0 Å². The normalized spacial score (nSPS) is 19.6. The second kappa shape index (κ2) is 6.55. The Labute approximate surface area is 157 Å². The van der Waals surface area contributed by atoms with Crippen LogP contribution in [0.5, 0.6) is 0 Å². The largest absolute Gasteiger partial charge is 0.444 e. The van der Waals surface area contributed by atoms with E-state index in [0.29, 0.717) is 17.3 Å². The molecule has 1 fully saturated rings. The lowest BCUT2D eigenvalue weighted by Crippen LogP contribution is -2.47. The molecular weight excluding hydrogens is 356 g/mol. The molecule has 0 spiro atoms. The molecule has 0 bridgehead atoms. The Bertz CT molecular complexity index is 799. The van der Waals surface area contributed by atoms with Gasteiger partial charge in [0, 0.05) is 0 Å². The summed E-state index contributed by atoms with van der Waals surface area (Å²) in [7, 11) is 0. The van der Waals surface area contributed by atoms with Crippen molar-refractivity contribution in [1.82, 2.24) is 19.9 Å². The van der Waals surface area contributed by atoms with Gasteiger partial charge < -0.3 is 9.47 Å². The first kappa shape index (κ1) is 18.7. The summed E-state index contributed by atoms with van der Waals surface area (Å²) >= 11 is 6.30. The number of carbonyl (C=O) groups excluding carboxylic acids is 1. The molecule has 0 radical (unpaired) electrons. The van der Waals surface area contributed by atoms with Crippen molar-refractivity contribution in [2.45, 2.75) is 52.0 Å². The zero-order chi connectivity index (χ0) is 19.1. The number of halogens is 1. The quantitative estimate of drug-likeness (QED) is 0.790. The fourth-order valence-electron chi connectivity index (χ4n) is 2.94. The number of rotatable bonds is 2. The fraction of sp³-hybridized carbons (Fsp3) is 0.500. The minimum absolute atomic E-state index is 0.300. The molecule has 0 unspecified atom stereocenters. The molecule has 1 atom stereocenters. The van der Waals surface area contributed by atoms with Gasteiger partial charge in [-0.1, -0.05) is 17.7 Å². The van der Waals surface area contributed by atoms with Crippen LogP contribution in [-0.2, 0) is 9.47 Å². The van der Waals surface area contributed by atoms with Gasteiger partial charge in [-0.25, -0.2) is 4.79 Å². The number of carbonyl (C=O) groups is 1. The summed E-state index contributed by atoms with van der Waals surface area (Å²) in [5, 5.41) is 8.78. The lowest BCUT2D eigenvalue weighted by atomic mass is 10.0. The highest BCUT2D eigenvalue weighted by Gasteiger charge is 2.46. The van der Waals surface area contributed by atoms with Crippen LogP contribution in [0.4, 0.5) is 4.79 Å². The van der Waals surface area contributed by atoms with E-state index in [1.54, 1.807) is 23.4 Å². The first-order chi connectivity index (χ1) is 12.1. The first-order valence-electron chi connectivity index (χ1n) is 8.41. The highest BCUT2D eigenvalue weighted by molar-refractivity contribution is 6.32. The van der Waals surface area contributed by atoms with Crippen LogP contribution >= 0.6 is 11.6 Å². The number of amides is 1. The van der Waals surface area contributed by atoms with Crippen molar-refractivity contribution in [2.75, 3.05) is 6.61 Å². The molecule has 8 heteroatoms. The van der Waals surface area contributed by atoms with Crippen LogP contribution in [0.15, 0.2) is 30.6 Å². The second-order valence-corrected chi connectivity index (χ2v) is 8.06. The molecule has 2 heterocycles. The third-order valence-electron chi connectivity index (χ3n) is 4.07. The minimum atomic E-state index is -0.781. The van der Waals surface area contributed by atoms with Gasteiger partial charge in [-0.3, -0.25) is 4.90 Å². The van der Waals surface area contributed by atoms with Crippen molar-refractivity contribution in [1.29, 1.82) is 0 Å². The number of aromatic nitrogens is 3. The summed E-state index contributed by atoms with van der Waals surface area (Å²) in [6.45, 7) is 9.58. The monoisotopic (exact) mass is 378 g/mol. The molecule has 1 aliphatic rings. The Morgan fingerprint density at radius 3 is 2.58 bits per heavy atom. The number of ether oxygens (including phenoxy) is 2. The van der Waals surface area contributed by atoms with Crippen LogP contribution in [-0.4, -0.2) is 43.9 Å². The maximum atomic E-state index is 12.8. The molecule has 2 aromatic rings. The Kier molecular flexibility index (Phi) is 4.71. The van der Waals surface area contributed by atoms with E-state index < -0.39 is 17.4 Å². The van der Waals surface area contributed by atoms with E-state index in [-0.39, 0.29) is 6.04 Å². The lowest BCUT2D eigenvalue weighted by molar-refractivity contribution is -0.0626. The van der Waals surface area contributed by atoms with Gasteiger partial charge in [0.15, 0.2) is 0 Å². The molecule has 26 heavy (non-hydrogen) atoms. The number of nitrogens with zero attached hydrogens (tertiary/aromatic N) is 4. The maximum absolute atomic E-state index is 12.8. The summed E-state index contributed by atoms with van der Waals surface area (Å²) in [6.07, 6.45) is 2.74. The van der Waals surface area contributed by atoms with Gasteiger partial charge in [0.2, 0.25) is 0 Å². The molecule has 1 saturated heterocycles. The molecule has 0 aliphatic carbocycles. The summed E-state index contributed by atoms with van der Waals surface area (Å²) in [6, 6.07) is 5.22. The van der Waals surface area contributed by atoms with Gasteiger partial charge in [0.1, 0.15) is 17.0 Å². The lowest BCUT2D eigenvalue weighted by Gasteiger charge is -2.35. The summed E-state index contributed by atoms with van der Waals surface area (Å²) in [5.41, 5.74) is 0.141. The van der Waals surface area contributed by atoms with E-state index in [1.807, 2.05) is 46.8 Å². The Hall–Kier alpha value is -2.12. The van der Waals surface area contributed by atoms with Crippen LogP contribution in [0.25, 0.3) is 5.69 Å². The smallest absolute Gasteiger partial charge is 0.413 e. The standard InChI is InChI=1S/C18H23ClN4O3/c1-17(2,3)26-16(24)22-15(11-25-18(22,4)5)12-6-7-13(19)14(10-12)23-20-8-9-21-23/h6-10,15H,11H2,1-5H3/t15-/m1/s1. The third kappa shape index (κ3) is 3.68. The average molecular weight is 379 g/mol. The number of hydrogen-bond donors (Lipinski definition) is 0. The Balaban J connectivity index is 1.97. The van der Waals surface area contributed by atoms with E-state index >= 15 is 0 Å². The van der Waals surface area contributed by atoms with Crippen molar-refractivity contribution in [3.05, 3.63) is 41.2 Å². The van der Waals surface area contributed by atoms with Gasteiger partial charge in [-0.2, -0.15) is 15.0 Å². The van der Waals surface area contributed by atoms with Crippen LogP contribution in [0.2, 0.25) is 5.02 Å². The van der Waals surface area contributed by atoms with Crippen molar-refractivity contribution in [3.8, 4) is 5.69 Å². The van der Waals surface area contributed by atoms with E-state index in [0.717, 1.165) is 5.56 Å². The van der Waals surface area contributed by atoms with Crippen molar-refractivity contribution >= 4 is 17.7 Å². The summed E-state index contributed by atoms with van der Waals surface area (Å²) in [4.78, 5) is 15.9. The Morgan fingerprint density at radius 2 is 1.96 bits per heavy atom. The van der Waals surface area contributed by atoms with Gasteiger partial charge in [0.05, 0.1) is 30.1 Å². The molecule has 1 aromatic heterocycles. The fourth-order valence-corrected chi connectivity index (χ4v) is 3.13. The van der Waals surface area contributed by atoms with Crippen molar-refractivity contribution in [3.63, 3.8) is 0 Å². The Morgan fingerprint density at radius 1 is 1.31 bits per heavy atom. The van der Waals surface area contributed by atoms with Gasteiger partial charge >= 0.3 is 6.09 Å². The third-order valence-corrected chi connectivity index (χ3v) is 4.39. The molecule has 0 saturated carbocycles. The van der Waals surface area contributed by atoms with Gasteiger partial charge in [0.25, 0.3) is 0 Å². The highest BCUT2D eigenvalue weighted by atomic mass is 35.5. The SMILES string of the molecule is CC(C)(C)OC(=O)N1[C@@H](c2ccc(Cl)c(-n3nccn3)c2)COC1(C)C. The second-order valence-electron chi connectivity index (χ2n) is 7.65. The van der Waals surface area contributed by atoms with Crippen LogP contribution < -0.4 is 0 Å². The molecule has 1 amide bonds. The van der Waals surface area contributed by atoms with Crippen molar-refractivity contribution < 1.29 is 14.3 Å². The molecule has 1 aromatic carbocycles. The predicted octanol–water partition coefficient (Wildman–Crippen LogP) is 3.97. The zero-order valence-corrected chi connectivity index (χ0v) is 16.3. The average Bonchev–Trinajstić information content (AvgIpc) is 3.13. The molecule has 1 aliphatic heterocycles. The van der Waals surface area contributed by atoms with Gasteiger partial charge in [-0.15, -0.1) is 0 Å². The zero-order valence-electron chi connectivity index (χ0n) is 15.6. The molecule has 3 rings (SSSR count). The van der Waals surface area contributed by atoms with E-state index in [4.69, 9.17) is 21.1 Å². The molecule has 0 N–H and O–H groups in total. The minimum Gasteiger partial charge on any atom is -0.444 e. The van der Waals surface area contributed by atoms with E-state index in [2.05, 4.69) is 10.2 Å². The van der Waals surface area contributed by atoms with Crippen LogP contribution in [0.1, 0.15) is 46.2 Å². The molecular formula is C18H23ClN4O3. The van der Waals surface area contributed by atoms with E-state index in [9.17, 15) is 4.79 Å². The summed E-state index contributed by atoms with van der Waals surface area (Å²) < 4.78 is 11.5. The van der Waals surface area contributed by atoms with Gasteiger partial charge in [-0.05, 0) is 52.3 Å². The van der Waals surface area contributed by atoms with Crippen LogP contribution in [0.3, 0.4) is 0 Å². The van der Waals surface area contributed by atoms with Crippen molar-refractivity contribution in [2.24, 2.45) is 0 Å². The highest BCUT2D eigenvalue weighted by Crippen LogP contribution is 2.39. The first-order valence-corrected chi connectivity index (χ1v) is 8.79. The number of hydrogen-bond acceptors (Lipinski definition) is 5. The summed E-state index contributed by atoms with van der Waals surface area (Å²) in [5.74, 6) is 0. The topological polar surface area (TPSA) is 69.5 Å². The maximum Gasteiger partial charge on any atom is 0.413 e. The number of benzene rings is 1. The predicted molar refractivity (Wildman–Crippen MR) is 97.2 cm³/mol. The molecule has 7 nitrogen and oxygen atoms in total. The molecule has 140 valence electrons. The van der Waals surface area contributed by atoms with E-state index in [1.165, 1.54) is 4.80 Å².